The lowest BCUT2D eigenvalue weighted by Gasteiger charge is -2.24. The van der Waals surface area contributed by atoms with Crippen molar-refractivity contribution in [1.29, 1.82) is 0 Å². The third-order valence-electron chi connectivity index (χ3n) is 10.3. The number of carbonyl (C=O) groups excluding carboxylic acids is 1. The molecule has 0 aliphatic rings. The number of phosphoric acid groups is 1. The molecular weight excluding hydrogens is 721 g/mol. The molecule has 0 fully saturated rings. The van der Waals surface area contributed by atoms with Gasteiger partial charge in [-0.05, 0) is 44.9 Å². The molecule has 0 heterocycles. The number of rotatable bonds is 44. The number of esters is 1. The lowest BCUT2D eigenvalue weighted by atomic mass is 10.0. The number of hydrogen-bond donors (Lipinski definition) is 1. The molecular formula is C47H93NO7P+. The Hall–Kier alpha value is -1.02. The zero-order valence-corrected chi connectivity index (χ0v) is 38.5. The Morgan fingerprint density at radius 1 is 0.554 bits per heavy atom. The van der Waals surface area contributed by atoms with Gasteiger partial charge in [-0.25, -0.2) is 4.57 Å². The predicted octanol–water partition coefficient (Wildman–Crippen LogP) is 14.0. The van der Waals surface area contributed by atoms with Crippen LogP contribution in [0.2, 0.25) is 0 Å². The van der Waals surface area contributed by atoms with Crippen LogP contribution in [0, 0.1) is 0 Å². The summed E-state index contributed by atoms with van der Waals surface area (Å²) in [5, 5.41) is 0. The summed E-state index contributed by atoms with van der Waals surface area (Å²) in [7, 11) is 1.67. The van der Waals surface area contributed by atoms with Gasteiger partial charge in [0, 0.05) is 13.0 Å². The Kier molecular flexibility index (Phi) is 40.0. The average molecular weight is 815 g/mol. The third kappa shape index (κ3) is 44.1. The second kappa shape index (κ2) is 40.7. The highest BCUT2D eigenvalue weighted by atomic mass is 31.2. The molecule has 332 valence electrons. The normalized spacial score (nSPS) is 13.9. The topological polar surface area (TPSA) is 91.3 Å². The van der Waals surface area contributed by atoms with Gasteiger partial charge in [-0.1, -0.05) is 186 Å². The van der Waals surface area contributed by atoms with Gasteiger partial charge in [0.2, 0.25) is 0 Å². The van der Waals surface area contributed by atoms with Crippen LogP contribution in [0.4, 0.5) is 0 Å². The SMILES string of the molecule is CCCCCCC/C=C\C/C=C\CCCCCCCCCCCCCC(=O)OC(COCCCCCCCCCCCCC)COP(=O)(O)OCC[N+](C)(C)C. The molecule has 56 heavy (non-hydrogen) atoms. The maximum absolute atomic E-state index is 12.7. The van der Waals surface area contributed by atoms with E-state index in [4.69, 9.17) is 18.5 Å². The Bertz CT molecular complexity index is 951. The van der Waals surface area contributed by atoms with Crippen LogP contribution < -0.4 is 0 Å². The number of unbranched alkanes of at least 4 members (excludes halogenated alkanes) is 26. The molecule has 0 bridgehead atoms. The van der Waals surface area contributed by atoms with E-state index in [0.717, 1.165) is 38.5 Å². The molecule has 2 unspecified atom stereocenters. The number of hydrogen-bond acceptors (Lipinski definition) is 6. The van der Waals surface area contributed by atoms with Gasteiger partial charge in [0.05, 0.1) is 34.4 Å². The van der Waals surface area contributed by atoms with Crippen LogP contribution in [0.15, 0.2) is 24.3 Å². The standard InChI is InChI=1S/C47H92NO7P/c1-6-8-10-12-14-16-18-19-20-21-22-23-24-25-26-27-28-29-30-32-34-36-38-40-47(49)55-46(45-54-56(50,51)53-43-41-48(3,4)5)44-52-42-39-37-35-33-31-17-15-13-11-9-7-2/h18-19,21-22,46H,6-17,20,23-45H2,1-5H3/p+1/b19-18-,22-21-. The van der Waals surface area contributed by atoms with Gasteiger partial charge in [0.15, 0.2) is 0 Å². The zero-order valence-electron chi connectivity index (χ0n) is 37.6. The molecule has 0 aliphatic heterocycles. The molecule has 0 rings (SSSR count). The fraction of sp³-hybridized carbons (Fsp3) is 0.894. The highest BCUT2D eigenvalue weighted by Crippen LogP contribution is 2.43. The molecule has 0 radical (unpaired) electrons. The Labute approximate surface area is 347 Å². The summed E-state index contributed by atoms with van der Waals surface area (Å²) in [6.07, 6.45) is 46.4. The minimum Gasteiger partial charge on any atom is -0.457 e. The van der Waals surface area contributed by atoms with Gasteiger partial charge < -0.3 is 18.9 Å². The quantitative estimate of drug-likeness (QED) is 0.0215. The summed E-state index contributed by atoms with van der Waals surface area (Å²) in [6, 6.07) is 0. The number of likely N-dealkylation sites (N-methyl/N-ethyl adjacent to an activating group) is 1. The summed E-state index contributed by atoms with van der Waals surface area (Å²) < 4.78 is 35.0. The smallest absolute Gasteiger partial charge is 0.457 e. The molecule has 0 saturated carbocycles. The van der Waals surface area contributed by atoms with E-state index in [2.05, 4.69) is 38.2 Å². The molecule has 0 spiro atoms. The minimum absolute atomic E-state index is 0.0904. The number of phosphoric ester groups is 1. The molecule has 0 amide bonds. The van der Waals surface area contributed by atoms with Gasteiger partial charge in [0.25, 0.3) is 0 Å². The van der Waals surface area contributed by atoms with Crippen molar-refractivity contribution in [3.05, 3.63) is 24.3 Å². The van der Waals surface area contributed by atoms with Crippen molar-refractivity contribution in [2.75, 3.05) is 54.1 Å². The van der Waals surface area contributed by atoms with E-state index in [-0.39, 0.29) is 25.8 Å². The highest BCUT2D eigenvalue weighted by Gasteiger charge is 2.26. The van der Waals surface area contributed by atoms with Gasteiger partial charge in [0.1, 0.15) is 19.3 Å². The van der Waals surface area contributed by atoms with E-state index in [1.165, 1.54) is 154 Å². The fourth-order valence-electron chi connectivity index (χ4n) is 6.58. The van der Waals surface area contributed by atoms with Crippen LogP contribution >= 0.6 is 7.82 Å². The van der Waals surface area contributed by atoms with Crippen molar-refractivity contribution < 1.29 is 37.3 Å². The molecule has 0 aromatic carbocycles. The van der Waals surface area contributed by atoms with Crippen molar-refractivity contribution in [3.63, 3.8) is 0 Å². The molecule has 0 aromatic heterocycles. The Morgan fingerprint density at radius 3 is 1.45 bits per heavy atom. The van der Waals surface area contributed by atoms with E-state index in [9.17, 15) is 14.3 Å². The van der Waals surface area contributed by atoms with Gasteiger partial charge in [-0.15, -0.1) is 0 Å². The first-order valence-corrected chi connectivity index (χ1v) is 25.1. The summed E-state index contributed by atoms with van der Waals surface area (Å²) in [4.78, 5) is 22.9. The molecule has 9 heteroatoms. The van der Waals surface area contributed by atoms with E-state index in [1.807, 2.05) is 21.1 Å². The molecule has 1 N–H and O–H groups in total. The number of allylic oxidation sites excluding steroid dienone is 4. The number of carbonyl (C=O) groups is 1. The molecule has 0 aliphatic carbocycles. The van der Waals surface area contributed by atoms with Crippen LogP contribution in [-0.2, 0) is 27.9 Å². The first kappa shape index (κ1) is 55.0. The summed E-state index contributed by atoms with van der Waals surface area (Å²) in [6.45, 7) is 5.64. The first-order chi connectivity index (χ1) is 27.1. The maximum atomic E-state index is 12.7. The molecule has 0 saturated heterocycles. The Balaban J connectivity index is 4.09. The molecule has 0 aromatic rings. The minimum atomic E-state index is -4.27. The average Bonchev–Trinajstić information content (AvgIpc) is 3.15. The van der Waals surface area contributed by atoms with Crippen molar-refractivity contribution >= 4 is 13.8 Å². The Morgan fingerprint density at radius 2 is 0.982 bits per heavy atom. The summed E-state index contributed by atoms with van der Waals surface area (Å²) >= 11 is 0. The van der Waals surface area contributed by atoms with Crippen molar-refractivity contribution in [2.24, 2.45) is 0 Å². The highest BCUT2D eigenvalue weighted by molar-refractivity contribution is 7.47. The second-order valence-corrected chi connectivity index (χ2v) is 18.6. The van der Waals surface area contributed by atoms with Gasteiger partial charge in [-0.2, -0.15) is 0 Å². The van der Waals surface area contributed by atoms with Gasteiger partial charge in [-0.3, -0.25) is 13.8 Å². The number of quaternary nitrogens is 1. The fourth-order valence-corrected chi connectivity index (χ4v) is 7.33. The first-order valence-electron chi connectivity index (χ1n) is 23.6. The molecule has 2 atom stereocenters. The lowest BCUT2D eigenvalue weighted by molar-refractivity contribution is -0.870. The van der Waals surface area contributed by atoms with E-state index in [1.54, 1.807) is 0 Å². The number of ether oxygens (including phenoxy) is 2. The molecule has 8 nitrogen and oxygen atoms in total. The van der Waals surface area contributed by atoms with Crippen LogP contribution in [0.3, 0.4) is 0 Å². The van der Waals surface area contributed by atoms with Crippen LogP contribution in [0.1, 0.15) is 213 Å². The van der Waals surface area contributed by atoms with Crippen LogP contribution in [0.5, 0.6) is 0 Å². The third-order valence-corrected chi connectivity index (χ3v) is 11.2. The monoisotopic (exact) mass is 815 g/mol. The largest absolute Gasteiger partial charge is 0.472 e. The van der Waals surface area contributed by atoms with Crippen molar-refractivity contribution in [2.45, 2.75) is 219 Å². The van der Waals surface area contributed by atoms with Crippen LogP contribution in [-0.4, -0.2) is 75.6 Å². The number of nitrogens with zero attached hydrogens (tertiary/aromatic N) is 1. The van der Waals surface area contributed by atoms with E-state index < -0.39 is 13.9 Å². The van der Waals surface area contributed by atoms with E-state index in [0.29, 0.717) is 24.1 Å². The van der Waals surface area contributed by atoms with Gasteiger partial charge >= 0.3 is 13.8 Å². The predicted molar refractivity (Wildman–Crippen MR) is 238 cm³/mol. The van der Waals surface area contributed by atoms with E-state index >= 15 is 0 Å². The maximum Gasteiger partial charge on any atom is 0.472 e. The lowest BCUT2D eigenvalue weighted by Crippen LogP contribution is -2.37. The van der Waals surface area contributed by atoms with Crippen LogP contribution in [0.25, 0.3) is 0 Å². The zero-order chi connectivity index (χ0) is 41.3. The van der Waals surface area contributed by atoms with Crippen molar-refractivity contribution in [3.8, 4) is 0 Å². The summed E-state index contributed by atoms with van der Waals surface area (Å²) in [5.41, 5.74) is 0. The summed E-state index contributed by atoms with van der Waals surface area (Å²) in [5.74, 6) is -0.313. The second-order valence-electron chi connectivity index (χ2n) is 17.1. The van der Waals surface area contributed by atoms with Crippen molar-refractivity contribution in [1.82, 2.24) is 0 Å².